The Morgan fingerprint density at radius 2 is 1.06 bits per heavy atom. The Hall–Kier alpha value is -6.75. The number of para-hydroxylation sites is 2. The van der Waals surface area contributed by atoms with Crippen molar-refractivity contribution in [3.8, 4) is 0 Å². The summed E-state index contributed by atoms with van der Waals surface area (Å²) in [5, 5.41) is 4.27. The van der Waals surface area contributed by atoms with E-state index in [-0.39, 0.29) is 34.7 Å². The van der Waals surface area contributed by atoms with Crippen LogP contribution >= 0.6 is 8.16 Å². The number of methoxy groups -OCH3 is 3. The second-order valence-electron chi connectivity index (χ2n) is 21.1. The van der Waals surface area contributed by atoms with Crippen molar-refractivity contribution in [3.05, 3.63) is 205 Å². The quantitative estimate of drug-likeness (QED) is 0.00925. The molecule has 1 saturated carbocycles. The standard InChI is InChI=1S/C51H60N3O2.C11H20O6.2C2H4.F5P.FH/c1-37-21-27-45-43(35-37)50(3,4)47(52(45)31-15-33-55-7)29-25-39-23-24-40(49(39)54(41-17-11-9-12-18-41)42-19-13-10-14-20-42)26-30-48-51(5,6)44-36-38(2)22-28-46(44)53(48)32-16-34-56-8;1-5-11(2,3)10(12)14-7-9-16-17-15-8-6-13-4;2*1-2;1-6(2,3,4)5;/h9-14,17-22,25-30,35-36H,15-16,23-24,31-34H2,1-8H3;6,8H,5,7,9H2,1-4H3;2*1-2H2;;1H/q+1;;;;;/p-1/b;8-6+;;;;. The SMILES string of the molecule is C=C.C=C.CCC(C)(C)C(=O)OCCOOO/C=C/OC.COCCCN1C(=CC=C2CCC(=C/C=C3/N(CCCOC)c4ccc(C)cc4C3(C)C)C2=[N+](c2ccccc2)c2ccccc2)C(C)(C)c2cc(C)ccc21.FP(F)(F)(F)F.[F-]. The van der Waals surface area contributed by atoms with Gasteiger partial charge in [-0.1, -0.05) is 119 Å². The molecular formula is C66H88F6N3O8P. The van der Waals surface area contributed by atoms with Gasteiger partial charge in [0.05, 0.1) is 12.5 Å². The predicted molar refractivity (Wildman–Crippen MR) is 331 cm³/mol. The first-order valence-electron chi connectivity index (χ1n) is 27.6. The first kappa shape index (κ1) is 73.4. The minimum Gasteiger partial charge on any atom is -1.00 e. The number of fused-ring (bicyclic) bond motifs is 2. The topological polar surface area (TPSA) is 91.2 Å². The minimum absolute atomic E-state index is 0. The molecule has 84 heavy (non-hydrogen) atoms. The van der Waals surface area contributed by atoms with Crippen molar-refractivity contribution in [1.29, 1.82) is 0 Å². The normalized spacial score (nSPS) is 17.0. The van der Waals surface area contributed by atoms with Gasteiger partial charge in [0.2, 0.25) is 17.1 Å². The van der Waals surface area contributed by atoms with Crippen LogP contribution in [0.25, 0.3) is 0 Å². The molecule has 11 nitrogen and oxygen atoms in total. The van der Waals surface area contributed by atoms with Gasteiger partial charge in [0.25, 0.3) is 0 Å². The van der Waals surface area contributed by atoms with Crippen LogP contribution < -0.4 is 19.1 Å². The molecule has 0 atom stereocenters. The molecule has 1 aliphatic carbocycles. The van der Waals surface area contributed by atoms with E-state index < -0.39 is 13.6 Å². The maximum atomic E-state index is 11.5. The smallest absolute Gasteiger partial charge is 1.00 e. The van der Waals surface area contributed by atoms with E-state index in [9.17, 15) is 25.8 Å². The number of rotatable bonds is 21. The Balaban J connectivity index is 0.000000720. The summed E-state index contributed by atoms with van der Waals surface area (Å²) in [4.78, 5) is 25.5. The van der Waals surface area contributed by atoms with Gasteiger partial charge in [0.1, 0.15) is 19.5 Å². The molecule has 2 heterocycles. The number of carbonyl (C=O) groups is 1. The zero-order valence-electron chi connectivity index (χ0n) is 51.1. The second-order valence-corrected chi connectivity index (χ2v) is 22.4. The van der Waals surface area contributed by atoms with E-state index in [2.05, 4.69) is 223 Å². The average molecular weight is 1200 g/mol. The monoisotopic (exact) mass is 1200 g/mol. The number of anilines is 2. The fourth-order valence-electron chi connectivity index (χ4n) is 9.71. The summed E-state index contributed by atoms with van der Waals surface area (Å²) in [6, 6.07) is 35.6. The first-order chi connectivity index (χ1) is 39.3. The van der Waals surface area contributed by atoms with E-state index in [1.807, 2.05) is 20.8 Å². The van der Waals surface area contributed by atoms with Gasteiger partial charge in [0.15, 0.2) is 6.26 Å². The van der Waals surface area contributed by atoms with E-state index in [4.69, 9.17) is 14.2 Å². The van der Waals surface area contributed by atoms with Crippen LogP contribution in [0.4, 0.5) is 43.7 Å². The van der Waals surface area contributed by atoms with E-state index in [1.54, 1.807) is 14.2 Å². The molecule has 462 valence electrons. The molecule has 4 aromatic carbocycles. The molecule has 4 aromatic rings. The van der Waals surface area contributed by atoms with Gasteiger partial charge < -0.3 is 38.3 Å². The molecule has 0 amide bonds. The van der Waals surface area contributed by atoms with Gasteiger partial charge in [-0.25, -0.2) is 0 Å². The van der Waals surface area contributed by atoms with E-state index >= 15 is 0 Å². The summed E-state index contributed by atoms with van der Waals surface area (Å²) in [6.45, 7) is 35.0. The van der Waals surface area contributed by atoms with Gasteiger partial charge in [-0.05, 0) is 100 Å². The van der Waals surface area contributed by atoms with E-state index in [1.165, 1.54) is 75.3 Å². The Kier molecular flexibility index (Phi) is 29.9. The van der Waals surface area contributed by atoms with Crippen LogP contribution in [0, 0.1) is 19.3 Å². The van der Waals surface area contributed by atoms with Crippen LogP contribution in [-0.4, -0.2) is 72.5 Å². The molecule has 2 aliphatic heterocycles. The van der Waals surface area contributed by atoms with Crippen molar-refractivity contribution in [2.24, 2.45) is 5.41 Å². The molecule has 1 fully saturated rings. The summed E-state index contributed by atoms with van der Waals surface area (Å²) >= 11 is 0. The number of nitrogens with zero attached hydrogens (tertiary/aromatic N) is 3. The van der Waals surface area contributed by atoms with Crippen molar-refractivity contribution in [1.82, 2.24) is 4.58 Å². The van der Waals surface area contributed by atoms with Crippen LogP contribution in [0.1, 0.15) is 103 Å². The van der Waals surface area contributed by atoms with Gasteiger partial charge in [-0.15, -0.1) is 26.3 Å². The molecule has 0 unspecified atom stereocenters. The number of hydrogen-bond donors (Lipinski definition) is 0. The molecule has 0 radical (unpaired) electrons. The number of ether oxygens (including phenoxy) is 4. The Bertz CT molecular complexity index is 2730. The van der Waals surface area contributed by atoms with Crippen molar-refractivity contribution >= 4 is 42.6 Å². The van der Waals surface area contributed by atoms with Crippen molar-refractivity contribution in [2.75, 3.05) is 70.6 Å². The van der Waals surface area contributed by atoms with Gasteiger partial charge >= 0.3 is 35.1 Å². The van der Waals surface area contributed by atoms with Crippen LogP contribution in [-0.2, 0) is 49.4 Å². The second kappa shape index (κ2) is 34.3. The predicted octanol–water partition coefficient (Wildman–Crippen LogP) is 15.2. The summed E-state index contributed by atoms with van der Waals surface area (Å²) < 4.78 is 72.2. The Morgan fingerprint density at radius 3 is 1.44 bits per heavy atom. The Morgan fingerprint density at radius 1 is 0.643 bits per heavy atom. The molecular weight excluding hydrogens is 1110 g/mol. The number of benzene rings is 4. The Labute approximate surface area is 495 Å². The van der Waals surface area contributed by atoms with Crippen LogP contribution in [0.5, 0.6) is 0 Å². The molecule has 0 N–H and O–H groups in total. The molecule has 0 bridgehead atoms. The van der Waals surface area contributed by atoms with Gasteiger partial charge in [-0.2, -0.15) is 9.46 Å². The van der Waals surface area contributed by atoms with Crippen molar-refractivity contribution < 1.29 is 64.2 Å². The number of hydrogen-bond acceptors (Lipinski definition) is 10. The average Bonchev–Trinajstić information content (AvgIpc) is 2.69. The summed E-state index contributed by atoms with van der Waals surface area (Å²) in [5.41, 5.74) is 16.2. The maximum absolute atomic E-state index is 11.5. The number of halogens is 6. The first-order valence-corrected chi connectivity index (χ1v) is 29.3. The molecule has 0 aromatic heterocycles. The molecule has 18 heteroatoms. The maximum Gasteiger partial charge on any atom is -1.00 e. The molecule has 0 spiro atoms. The van der Waals surface area contributed by atoms with E-state index in [0.29, 0.717) is 6.42 Å². The number of esters is 1. The third-order valence-corrected chi connectivity index (χ3v) is 14.1. The number of allylic oxidation sites excluding steroid dienone is 8. The fraction of sp³-hybridized carbons (Fsp3) is 0.394. The minimum atomic E-state index is -8.55. The van der Waals surface area contributed by atoms with Crippen molar-refractivity contribution in [2.45, 2.75) is 105 Å². The zero-order valence-corrected chi connectivity index (χ0v) is 52.0. The molecule has 0 saturated heterocycles. The third-order valence-electron chi connectivity index (χ3n) is 14.1. The summed E-state index contributed by atoms with van der Waals surface area (Å²) in [6.07, 6.45) is 16.7. The number of aryl methyl sites for hydroxylation is 2. The van der Waals surface area contributed by atoms with Crippen LogP contribution in [0.3, 0.4) is 0 Å². The van der Waals surface area contributed by atoms with Gasteiger partial charge in [0, 0.05) is 110 Å². The molecule has 3 aliphatic rings. The number of carbonyl (C=O) groups excluding carboxylic acids is 1. The molecule has 7 rings (SSSR count). The summed E-state index contributed by atoms with van der Waals surface area (Å²) in [7, 11) is -3.49. The third kappa shape index (κ3) is 21.4. The van der Waals surface area contributed by atoms with Crippen LogP contribution in [0.2, 0.25) is 0 Å². The van der Waals surface area contributed by atoms with Crippen molar-refractivity contribution in [3.63, 3.8) is 0 Å². The van der Waals surface area contributed by atoms with Crippen LogP contribution in [0.15, 0.2) is 183 Å². The van der Waals surface area contributed by atoms with E-state index in [0.717, 1.165) is 69.6 Å². The summed E-state index contributed by atoms with van der Waals surface area (Å²) in [5.74, 6) is -0.260. The zero-order chi connectivity index (χ0) is 62.0. The fourth-order valence-corrected chi connectivity index (χ4v) is 9.71. The van der Waals surface area contributed by atoms with Gasteiger partial charge in [-0.3, -0.25) is 4.79 Å². The largest absolute Gasteiger partial charge is 1.00 e.